The van der Waals surface area contributed by atoms with E-state index in [4.69, 9.17) is 11.6 Å². The number of carbonyl (C=O) groups excluding carboxylic acids is 1. The highest BCUT2D eigenvalue weighted by Gasteiger charge is 2.05. The highest BCUT2D eigenvalue weighted by Crippen LogP contribution is 2.23. The summed E-state index contributed by atoms with van der Waals surface area (Å²) < 4.78 is 0. The van der Waals surface area contributed by atoms with Gasteiger partial charge in [-0.15, -0.1) is 0 Å². The molecule has 5 heteroatoms. The zero-order valence-electron chi connectivity index (χ0n) is 13.8. The van der Waals surface area contributed by atoms with Crippen LogP contribution in [-0.2, 0) is 11.2 Å². The Morgan fingerprint density at radius 2 is 1.88 bits per heavy atom. The summed E-state index contributed by atoms with van der Waals surface area (Å²) in [5.74, 6) is 0.437. The van der Waals surface area contributed by atoms with Crippen molar-refractivity contribution in [2.45, 2.75) is 13.3 Å². The average Bonchev–Trinajstić information content (AvgIpc) is 2.60. The van der Waals surface area contributed by atoms with Crippen LogP contribution in [0.1, 0.15) is 11.1 Å². The summed E-state index contributed by atoms with van der Waals surface area (Å²) in [6, 6.07) is 18.9. The van der Waals surface area contributed by atoms with E-state index in [2.05, 4.69) is 15.6 Å². The zero-order chi connectivity index (χ0) is 17.6. The van der Waals surface area contributed by atoms with Gasteiger partial charge in [0, 0.05) is 10.7 Å². The zero-order valence-corrected chi connectivity index (χ0v) is 14.5. The first-order valence-corrected chi connectivity index (χ1v) is 8.31. The molecule has 1 heterocycles. The van der Waals surface area contributed by atoms with Gasteiger partial charge in [-0.1, -0.05) is 41.9 Å². The fraction of sp³-hybridized carbons (Fsp3) is 0.100. The van der Waals surface area contributed by atoms with Crippen LogP contribution in [0.15, 0.2) is 66.9 Å². The molecule has 0 unspecified atom stereocenters. The normalized spacial score (nSPS) is 10.3. The molecule has 2 aromatic carbocycles. The Morgan fingerprint density at radius 3 is 2.56 bits per heavy atom. The number of hydrogen-bond acceptors (Lipinski definition) is 3. The SMILES string of the molecule is Cc1cc(Cl)ccc1Nc1ccc(NC(=O)Cc2ccccc2)nc1. The lowest BCUT2D eigenvalue weighted by Crippen LogP contribution is -2.15. The first kappa shape index (κ1) is 17.0. The van der Waals surface area contributed by atoms with Crippen molar-refractivity contribution in [3.8, 4) is 0 Å². The van der Waals surface area contributed by atoms with Gasteiger partial charge in [0.1, 0.15) is 5.82 Å². The minimum absolute atomic E-state index is 0.0899. The minimum atomic E-state index is -0.0899. The fourth-order valence-corrected chi connectivity index (χ4v) is 2.66. The lowest BCUT2D eigenvalue weighted by Gasteiger charge is -2.10. The summed E-state index contributed by atoms with van der Waals surface area (Å²) in [5.41, 5.74) is 3.82. The van der Waals surface area contributed by atoms with Gasteiger partial charge in [-0.25, -0.2) is 4.98 Å². The minimum Gasteiger partial charge on any atom is -0.354 e. The van der Waals surface area contributed by atoms with Crippen LogP contribution >= 0.6 is 11.6 Å². The van der Waals surface area contributed by atoms with Crippen LogP contribution in [0, 0.1) is 6.92 Å². The van der Waals surface area contributed by atoms with E-state index in [-0.39, 0.29) is 5.91 Å². The smallest absolute Gasteiger partial charge is 0.229 e. The standard InChI is InChI=1S/C20H18ClN3O/c1-14-11-16(21)7-9-18(14)23-17-8-10-19(22-13-17)24-20(25)12-15-5-3-2-4-6-15/h2-11,13,23H,12H2,1H3,(H,22,24,25). The summed E-state index contributed by atoms with van der Waals surface area (Å²) >= 11 is 5.97. The van der Waals surface area contributed by atoms with Crippen LogP contribution in [-0.4, -0.2) is 10.9 Å². The van der Waals surface area contributed by atoms with Crippen molar-refractivity contribution in [2.75, 3.05) is 10.6 Å². The molecule has 0 saturated heterocycles. The van der Waals surface area contributed by atoms with E-state index in [0.717, 1.165) is 22.5 Å². The van der Waals surface area contributed by atoms with E-state index >= 15 is 0 Å². The largest absolute Gasteiger partial charge is 0.354 e. The lowest BCUT2D eigenvalue weighted by atomic mass is 10.1. The third kappa shape index (κ3) is 4.81. The molecule has 0 bridgehead atoms. The molecule has 3 rings (SSSR count). The number of rotatable bonds is 5. The molecule has 2 N–H and O–H groups in total. The molecule has 0 saturated carbocycles. The van der Waals surface area contributed by atoms with Crippen molar-refractivity contribution >= 4 is 34.7 Å². The summed E-state index contributed by atoms with van der Waals surface area (Å²) in [5, 5.41) is 6.80. The predicted molar refractivity (Wildman–Crippen MR) is 102 cm³/mol. The van der Waals surface area contributed by atoms with Gasteiger partial charge in [0.25, 0.3) is 0 Å². The number of aromatic nitrogens is 1. The first-order chi connectivity index (χ1) is 12.1. The molecule has 0 aliphatic carbocycles. The van der Waals surface area contributed by atoms with Gasteiger partial charge in [0.15, 0.2) is 0 Å². The third-order valence-corrected chi connectivity index (χ3v) is 3.94. The number of pyridine rings is 1. The highest BCUT2D eigenvalue weighted by molar-refractivity contribution is 6.30. The van der Waals surface area contributed by atoms with E-state index in [1.807, 2.05) is 61.5 Å². The van der Waals surface area contributed by atoms with Crippen molar-refractivity contribution in [1.82, 2.24) is 4.98 Å². The third-order valence-electron chi connectivity index (χ3n) is 3.71. The molecule has 0 aliphatic rings. The summed E-state index contributed by atoms with van der Waals surface area (Å²) in [4.78, 5) is 16.3. The molecule has 126 valence electrons. The maximum Gasteiger partial charge on any atom is 0.229 e. The van der Waals surface area contributed by atoms with Crippen LogP contribution in [0.3, 0.4) is 0 Å². The van der Waals surface area contributed by atoms with E-state index in [9.17, 15) is 4.79 Å². The molecule has 4 nitrogen and oxygen atoms in total. The van der Waals surface area contributed by atoms with E-state index < -0.39 is 0 Å². The molecular weight excluding hydrogens is 334 g/mol. The van der Waals surface area contributed by atoms with Gasteiger partial charge >= 0.3 is 0 Å². The maximum atomic E-state index is 12.1. The van der Waals surface area contributed by atoms with Gasteiger partial charge in [-0.2, -0.15) is 0 Å². The Morgan fingerprint density at radius 1 is 1.08 bits per heavy atom. The molecule has 1 amide bonds. The number of aryl methyl sites for hydroxylation is 1. The quantitative estimate of drug-likeness (QED) is 0.682. The van der Waals surface area contributed by atoms with Gasteiger partial charge in [-0.3, -0.25) is 4.79 Å². The van der Waals surface area contributed by atoms with Crippen molar-refractivity contribution < 1.29 is 4.79 Å². The Kier molecular flexibility index (Phi) is 5.31. The molecule has 0 fully saturated rings. The van der Waals surface area contributed by atoms with Crippen molar-refractivity contribution in [3.05, 3.63) is 83.0 Å². The molecule has 3 aromatic rings. The van der Waals surface area contributed by atoms with Crippen LogP contribution < -0.4 is 10.6 Å². The number of nitrogens with one attached hydrogen (secondary N) is 2. The highest BCUT2D eigenvalue weighted by atomic mass is 35.5. The number of amides is 1. The van der Waals surface area contributed by atoms with Crippen molar-refractivity contribution in [1.29, 1.82) is 0 Å². The topological polar surface area (TPSA) is 54.0 Å². The molecule has 1 aromatic heterocycles. The number of benzene rings is 2. The van der Waals surface area contributed by atoms with E-state index in [0.29, 0.717) is 17.3 Å². The lowest BCUT2D eigenvalue weighted by molar-refractivity contribution is -0.115. The number of nitrogens with zero attached hydrogens (tertiary/aromatic N) is 1. The molecule has 0 atom stereocenters. The van der Waals surface area contributed by atoms with Crippen molar-refractivity contribution in [2.24, 2.45) is 0 Å². The molecule has 0 radical (unpaired) electrons. The first-order valence-electron chi connectivity index (χ1n) is 7.93. The monoisotopic (exact) mass is 351 g/mol. The predicted octanol–water partition coefficient (Wildman–Crippen LogP) is 4.97. The van der Waals surface area contributed by atoms with Crippen LogP contribution in [0.4, 0.5) is 17.2 Å². The second kappa shape index (κ2) is 7.81. The number of carbonyl (C=O) groups is 1. The molecule has 0 spiro atoms. The van der Waals surface area contributed by atoms with E-state index in [1.165, 1.54) is 0 Å². The molecular formula is C20H18ClN3O. The number of hydrogen-bond donors (Lipinski definition) is 2. The van der Waals surface area contributed by atoms with Gasteiger partial charge in [0.05, 0.1) is 18.3 Å². The van der Waals surface area contributed by atoms with E-state index in [1.54, 1.807) is 12.3 Å². The van der Waals surface area contributed by atoms with Crippen LogP contribution in [0.2, 0.25) is 5.02 Å². The Hall–Kier alpha value is -2.85. The Labute approximate surface area is 151 Å². The van der Waals surface area contributed by atoms with Crippen molar-refractivity contribution in [3.63, 3.8) is 0 Å². The molecule has 25 heavy (non-hydrogen) atoms. The fourth-order valence-electron chi connectivity index (χ4n) is 2.43. The van der Waals surface area contributed by atoms with Gasteiger partial charge in [0.2, 0.25) is 5.91 Å². The summed E-state index contributed by atoms with van der Waals surface area (Å²) in [6.45, 7) is 1.99. The summed E-state index contributed by atoms with van der Waals surface area (Å²) in [7, 11) is 0. The second-order valence-electron chi connectivity index (χ2n) is 5.73. The number of halogens is 1. The Bertz CT molecular complexity index is 864. The van der Waals surface area contributed by atoms with Gasteiger partial charge < -0.3 is 10.6 Å². The summed E-state index contributed by atoms with van der Waals surface area (Å²) in [6.07, 6.45) is 2.01. The molecule has 0 aliphatic heterocycles. The Balaban J connectivity index is 1.61. The maximum absolute atomic E-state index is 12.1. The average molecular weight is 352 g/mol. The van der Waals surface area contributed by atoms with Crippen LogP contribution in [0.25, 0.3) is 0 Å². The second-order valence-corrected chi connectivity index (χ2v) is 6.16. The number of anilines is 3. The van der Waals surface area contributed by atoms with Crippen LogP contribution in [0.5, 0.6) is 0 Å². The van der Waals surface area contributed by atoms with Gasteiger partial charge in [-0.05, 0) is 48.4 Å².